The van der Waals surface area contributed by atoms with Crippen molar-refractivity contribution in [3.63, 3.8) is 0 Å². The van der Waals surface area contributed by atoms with Gasteiger partial charge in [0.05, 0.1) is 23.7 Å². The summed E-state index contributed by atoms with van der Waals surface area (Å²) in [6, 6.07) is 4.73. The normalized spacial score (nSPS) is 20.5. The molecule has 0 spiro atoms. The molecular weight excluding hydrogens is 359 g/mol. The van der Waals surface area contributed by atoms with Crippen LogP contribution < -0.4 is 15.5 Å². The number of amides is 2. The Bertz CT molecular complexity index is 682. The number of nitrogens with zero attached hydrogens (tertiary/aromatic N) is 3. The van der Waals surface area contributed by atoms with Gasteiger partial charge in [0.25, 0.3) is 0 Å². The quantitative estimate of drug-likeness (QED) is 0.822. The lowest BCUT2D eigenvalue weighted by Crippen LogP contribution is -2.49. The summed E-state index contributed by atoms with van der Waals surface area (Å²) >= 11 is 1.50. The molecule has 142 valence electrons. The molecule has 9 heteroatoms. The number of halogens is 1. The van der Waals surface area contributed by atoms with Crippen LogP contribution in [0, 0.1) is 5.82 Å². The number of ether oxygens (including phenoxy) is 1. The van der Waals surface area contributed by atoms with Crippen LogP contribution in [0.1, 0.15) is 0 Å². The second-order valence-corrected chi connectivity index (χ2v) is 7.15. The van der Waals surface area contributed by atoms with Gasteiger partial charge in [-0.2, -0.15) is 11.8 Å². The topological polar surface area (TPSA) is 79.1 Å². The van der Waals surface area contributed by atoms with Gasteiger partial charge in [-0.3, -0.25) is 9.69 Å². The number of hydrogen-bond donors (Lipinski definition) is 1. The fraction of sp³-hybridized carbons (Fsp3) is 0.529. The Hall–Kier alpha value is -2.00. The molecule has 3 rings (SSSR count). The first-order chi connectivity index (χ1) is 12.5. The number of carbonyl (C=O) groups excluding carboxylic acids is 2. The summed E-state index contributed by atoms with van der Waals surface area (Å²) in [5.74, 6) is 0.198. The smallest absolute Gasteiger partial charge is 0.414 e. The van der Waals surface area contributed by atoms with Crippen LogP contribution in [-0.2, 0) is 9.53 Å². The van der Waals surface area contributed by atoms with Crippen molar-refractivity contribution in [2.45, 2.75) is 6.10 Å². The molecule has 1 atom stereocenters. The second-order valence-electron chi connectivity index (χ2n) is 6.29. The van der Waals surface area contributed by atoms with Crippen molar-refractivity contribution >= 4 is 35.1 Å². The molecule has 0 aliphatic carbocycles. The molecule has 26 heavy (non-hydrogen) atoms. The lowest BCUT2D eigenvalue weighted by Gasteiger charge is -2.36. The first-order valence-corrected chi connectivity index (χ1v) is 9.92. The minimum atomic E-state index is -0.506. The van der Waals surface area contributed by atoms with E-state index in [2.05, 4.69) is 0 Å². The van der Waals surface area contributed by atoms with Crippen LogP contribution in [0.2, 0.25) is 0 Å². The fourth-order valence-corrected chi connectivity index (χ4v) is 3.62. The fourth-order valence-electron chi connectivity index (χ4n) is 3.19. The summed E-state index contributed by atoms with van der Waals surface area (Å²) in [4.78, 5) is 28.9. The van der Waals surface area contributed by atoms with Crippen molar-refractivity contribution in [2.24, 2.45) is 5.73 Å². The molecule has 1 aromatic carbocycles. The third-order valence-corrected chi connectivity index (χ3v) is 5.16. The van der Waals surface area contributed by atoms with Crippen LogP contribution in [0.4, 0.5) is 20.6 Å². The molecule has 0 unspecified atom stereocenters. The Kier molecular flexibility index (Phi) is 5.87. The summed E-state index contributed by atoms with van der Waals surface area (Å²) in [5.41, 5.74) is 6.46. The standard InChI is InChI=1S/C17H23FN4O3S/c1-26-11-16(23)21-6-4-20(5-7-21)15-3-2-12(8-14(15)18)22-10-13(9-19)25-17(22)24/h2-3,8,13H,4-7,9-11,19H2,1H3/t13-/m0/s1. The summed E-state index contributed by atoms with van der Waals surface area (Å²) in [7, 11) is 0. The van der Waals surface area contributed by atoms with Crippen molar-refractivity contribution in [3.8, 4) is 0 Å². The van der Waals surface area contributed by atoms with Crippen molar-refractivity contribution in [3.05, 3.63) is 24.0 Å². The van der Waals surface area contributed by atoms with E-state index in [1.807, 2.05) is 16.1 Å². The molecule has 0 bridgehead atoms. The van der Waals surface area contributed by atoms with Gasteiger partial charge in [-0.15, -0.1) is 0 Å². The molecule has 2 aliphatic heterocycles. The zero-order valence-electron chi connectivity index (χ0n) is 14.7. The maximum atomic E-state index is 14.6. The van der Waals surface area contributed by atoms with Gasteiger partial charge >= 0.3 is 6.09 Å². The van der Waals surface area contributed by atoms with Gasteiger partial charge in [0.1, 0.15) is 11.9 Å². The number of rotatable bonds is 5. The number of hydrogen-bond acceptors (Lipinski definition) is 6. The highest BCUT2D eigenvalue weighted by molar-refractivity contribution is 7.99. The number of nitrogens with two attached hydrogens (primary N) is 1. The van der Waals surface area contributed by atoms with E-state index < -0.39 is 11.9 Å². The number of cyclic esters (lactones) is 1. The van der Waals surface area contributed by atoms with E-state index in [0.29, 0.717) is 49.9 Å². The first kappa shape index (κ1) is 18.8. The molecular formula is C17H23FN4O3S. The van der Waals surface area contributed by atoms with Crippen LogP contribution in [0.25, 0.3) is 0 Å². The zero-order valence-corrected chi connectivity index (χ0v) is 15.5. The Morgan fingerprint density at radius 1 is 1.35 bits per heavy atom. The number of piperazine rings is 1. The van der Waals surface area contributed by atoms with Crippen molar-refractivity contribution in [2.75, 3.05) is 61.1 Å². The van der Waals surface area contributed by atoms with Crippen molar-refractivity contribution in [1.29, 1.82) is 0 Å². The first-order valence-electron chi connectivity index (χ1n) is 8.53. The molecule has 2 saturated heterocycles. The van der Waals surface area contributed by atoms with Crippen LogP contribution in [-0.4, -0.2) is 74.3 Å². The monoisotopic (exact) mass is 382 g/mol. The number of anilines is 2. The largest absolute Gasteiger partial charge is 0.443 e. The molecule has 2 amide bonds. The Morgan fingerprint density at radius 2 is 2.08 bits per heavy atom. The van der Waals surface area contributed by atoms with Gasteiger partial charge in [0, 0.05) is 32.7 Å². The van der Waals surface area contributed by atoms with E-state index >= 15 is 0 Å². The minimum absolute atomic E-state index is 0.120. The predicted molar refractivity (Wildman–Crippen MR) is 100 cm³/mol. The van der Waals surface area contributed by atoms with Gasteiger partial charge in [-0.25, -0.2) is 9.18 Å². The molecule has 1 aromatic rings. The number of carbonyl (C=O) groups is 2. The van der Waals surface area contributed by atoms with E-state index in [1.54, 1.807) is 12.1 Å². The van der Waals surface area contributed by atoms with Crippen LogP contribution in [0.15, 0.2) is 18.2 Å². The van der Waals surface area contributed by atoms with Gasteiger partial charge in [0.15, 0.2) is 0 Å². The average Bonchev–Trinajstić information content (AvgIpc) is 3.03. The van der Waals surface area contributed by atoms with Crippen LogP contribution in [0.5, 0.6) is 0 Å². The van der Waals surface area contributed by atoms with E-state index in [9.17, 15) is 14.0 Å². The summed E-state index contributed by atoms with van der Waals surface area (Å²) < 4.78 is 19.7. The zero-order chi connectivity index (χ0) is 18.7. The third-order valence-electron chi connectivity index (χ3n) is 4.62. The van der Waals surface area contributed by atoms with Gasteiger partial charge in [-0.05, 0) is 24.5 Å². The van der Waals surface area contributed by atoms with Crippen LogP contribution >= 0.6 is 11.8 Å². The molecule has 0 aromatic heterocycles. The second kappa shape index (κ2) is 8.13. The Morgan fingerprint density at radius 3 is 2.65 bits per heavy atom. The lowest BCUT2D eigenvalue weighted by atomic mass is 10.2. The van der Waals surface area contributed by atoms with E-state index in [1.165, 1.54) is 22.7 Å². The van der Waals surface area contributed by atoms with E-state index in [0.717, 1.165) is 0 Å². The maximum absolute atomic E-state index is 14.6. The average molecular weight is 382 g/mol. The van der Waals surface area contributed by atoms with Crippen molar-refractivity contribution in [1.82, 2.24) is 4.90 Å². The van der Waals surface area contributed by atoms with E-state index in [-0.39, 0.29) is 18.6 Å². The van der Waals surface area contributed by atoms with E-state index in [4.69, 9.17) is 10.5 Å². The maximum Gasteiger partial charge on any atom is 0.414 e. The molecule has 2 aliphatic rings. The molecule has 0 radical (unpaired) electrons. The molecule has 2 N–H and O–H groups in total. The summed E-state index contributed by atoms with van der Waals surface area (Å²) in [6.45, 7) is 2.88. The summed E-state index contributed by atoms with van der Waals surface area (Å²) in [6.07, 6.45) is 1.03. The van der Waals surface area contributed by atoms with Gasteiger partial charge in [-0.1, -0.05) is 0 Å². The van der Waals surface area contributed by atoms with Crippen LogP contribution in [0.3, 0.4) is 0 Å². The SMILES string of the molecule is CSCC(=O)N1CCN(c2ccc(N3C[C@H](CN)OC3=O)cc2F)CC1. The molecule has 0 saturated carbocycles. The Balaban J connectivity index is 1.66. The van der Waals surface area contributed by atoms with Crippen molar-refractivity contribution < 1.29 is 18.7 Å². The number of benzene rings is 1. The highest BCUT2D eigenvalue weighted by atomic mass is 32.2. The van der Waals surface area contributed by atoms with Gasteiger partial charge in [0.2, 0.25) is 5.91 Å². The Labute approximate surface area is 156 Å². The minimum Gasteiger partial charge on any atom is -0.443 e. The highest BCUT2D eigenvalue weighted by Gasteiger charge is 2.32. The third kappa shape index (κ3) is 3.88. The molecule has 2 heterocycles. The van der Waals surface area contributed by atoms with Gasteiger partial charge < -0.3 is 20.3 Å². The summed E-state index contributed by atoms with van der Waals surface area (Å²) in [5, 5.41) is 0. The molecule has 7 nitrogen and oxygen atoms in total. The number of thioether (sulfide) groups is 1. The lowest BCUT2D eigenvalue weighted by molar-refractivity contribution is -0.128. The molecule has 2 fully saturated rings. The predicted octanol–water partition coefficient (Wildman–Crippen LogP) is 1.12. The highest BCUT2D eigenvalue weighted by Crippen LogP contribution is 2.28.